The van der Waals surface area contributed by atoms with Crippen LogP contribution in [0, 0.1) is 0 Å². The maximum Gasteiger partial charge on any atom is 0.490 e. The lowest BCUT2D eigenvalue weighted by atomic mass is 9.80. The van der Waals surface area contributed by atoms with E-state index >= 15 is 0 Å². The molecule has 1 heterocycles. The third kappa shape index (κ3) is 2.18. The van der Waals surface area contributed by atoms with E-state index in [2.05, 4.69) is 0 Å². The summed E-state index contributed by atoms with van der Waals surface area (Å²) >= 11 is 0. The van der Waals surface area contributed by atoms with E-state index in [0.29, 0.717) is 21.3 Å². The molecule has 0 aliphatic heterocycles. The standard InChI is InChI=1S/C14H12BNO3S/c17-15(18)13-10-16(14-9-5-4-8-12(13)14)20(19)11-6-2-1-3-7-11/h1-10,17-18H. The Morgan fingerprint density at radius 2 is 1.60 bits per heavy atom. The second kappa shape index (κ2) is 5.24. The third-order valence-corrected chi connectivity index (χ3v) is 4.45. The molecular formula is C14H12BNO3S. The number of benzene rings is 2. The molecule has 100 valence electrons. The summed E-state index contributed by atoms with van der Waals surface area (Å²) in [5.74, 6) is 0. The summed E-state index contributed by atoms with van der Waals surface area (Å²) in [6, 6.07) is 16.3. The van der Waals surface area contributed by atoms with Gasteiger partial charge in [0.25, 0.3) is 0 Å². The van der Waals surface area contributed by atoms with E-state index < -0.39 is 18.1 Å². The quantitative estimate of drug-likeness (QED) is 0.703. The maximum atomic E-state index is 12.6. The average Bonchev–Trinajstić information content (AvgIpc) is 2.87. The first kappa shape index (κ1) is 13.1. The lowest BCUT2D eigenvalue weighted by molar-refractivity contribution is 0.426. The molecule has 6 heteroatoms. The first-order chi connectivity index (χ1) is 9.68. The second-order valence-electron chi connectivity index (χ2n) is 4.36. The van der Waals surface area contributed by atoms with Crippen molar-refractivity contribution in [2.75, 3.05) is 0 Å². The van der Waals surface area contributed by atoms with E-state index in [-0.39, 0.29) is 0 Å². The van der Waals surface area contributed by atoms with Crippen LogP contribution in [0.1, 0.15) is 0 Å². The van der Waals surface area contributed by atoms with Crippen LogP contribution in [0.25, 0.3) is 10.9 Å². The van der Waals surface area contributed by atoms with Gasteiger partial charge < -0.3 is 10.0 Å². The van der Waals surface area contributed by atoms with Crippen LogP contribution in [-0.2, 0) is 11.0 Å². The molecule has 0 aliphatic carbocycles. The molecule has 0 aliphatic rings. The van der Waals surface area contributed by atoms with E-state index in [4.69, 9.17) is 0 Å². The average molecular weight is 285 g/mol. The summed E-state index contributed by atoms with van der Waals surface area (Å²) in [7, 11) is -3.01. The van der Waals surface area contributed by atoms with Crippen molar-refractivity contribution in [1.82, 2.24) is 3.97 Å². The van der Waals surface area contributed by atoms with Crippen molar-refractivity contribution < 1.29 is 14.3 Å². The molecule has 4 nitrogen and oxygen atoms in total. The van der Waals surface area contributed by atoms with Gasteiger partial charge in [-0.3, -0.25) is 3.97 Å². The predicted molar refractivity (Wildman–Crippen MR) is 80.0 cm³/mol. The second-order valence-corrected chi connectivity index (χ2v) is 5.73. The Hall–Kier alpha value is -1.89. The van der Waals surface area contributed by atoms with E-state index in [0.717, 1.165) is 0 Å². The minimum Gasteiger partial charge on any atom is -0.423 e. The predicted octanol–water partition coefficient (Wildman–Crippen LogP) is 0.892. The van der Waals surface area contributed by atoms with Crippen molar-refractivity contribution in [3.63, 3.8) is 0 Å². The summed E-state index contributed by atoms with van der Waals surface area (Å²) in [5, 5.41) is 19.5. The zero-order valence-electron chi connectivity index (χ0n) is 10.5. The zero-order chi connectivity index (χ0) is 14.1. The molecule has 0 bridgehead atoms. The molecular weight excluding hydrogens is 273 g/mol. The van der Waals surface area contributed by atoms with Gasteiger partial charge in [-0.05, 0) is 18.2 Å². The Labute approximate surface area is 119 Å². The topological polar surface area (TPSA) is 62.5 Å². The molecule has 0 radical (unpaired) electrons. The molecule has 2 aromatic carbocycles. The summed E-state index contributed by atoms with van der Waals surface area (Å²) < 4.78 is 14.2. The number of para-hydroxylation sites is 1. The van der Waals surface area contributed by atoms with Crippen LogP contribution >= 0.6 is 0 Å². The van der Waals surface area contributed by atoms with Crippen LogP contribution in [0.2, 0.25) is 0 Å². The third-order valence-electron chi connectivity index (χ3n) is 3.11. The highest BCUT2D eigenvalue weighted by Gasteiger charge is 2.20. The van der Waals surface area contributed by atoms with Crippen molar-refractivity contribution >= 4 is 34.5 Å². The SMILES string of the molecule is O=S(c1ccccc1)n1cc(B(O)O)c2ccccc21. The Morgan fingerprint density at radius 1 is 0.950 bits per heavy atom. The van der Waals surface area contributed by atoms with Gasteiger partial charge in [-0.1, -0.05) is 36.4 Å². The normalized spacial score (nSPS) is 12.5. The fraction of sp³-hybridized carbons (Fsp3) is 0. The van der Waals surface area contributed by atoms with E-state index in [1.165, 1.54) is 6.20 Å². The van der Waals surface area contributed by atoms with Gasteiger partial charge in [-0.25, -0.2) is 4.21 Å². The smallest absolute Gasteiger partial charge is 0.423 e. The maximum absolute atomic E-state index is 12.6. The van der Waals surface area contributed by atoms with Gasteiger partial charge in [0, 0.05) is 17.0 Å². The van der Waals surface area contributed by atoms with Gasteiger partial charge in [0.05, 0.1) is 10.4 Å². The van der Waals surface area contributed by atoms with Gasteiger partial charge in [-0.2, -0.15) is 0 Å². The number of nitrogens with zero attached hydrogens (tertiary/aromatic N) is 1. The van der Waals surface area contributed by atoms with Crippen LogP contribution in [-0.4, -0.2) is 25.3 Å². The number of fused-ring (bicyclic) bond motifs is 1. The zero-order valence-corrected chi connectivity index (χ0v) is 11.3. The van der Waals surface area contributed by atoms with Crippen LogP contribution < -0.4 is 5.46 Å². The van der Waals surface area contributed by atoms with Crippen LogP contribution in [0.3, 0.4) is 0 Å². The number of aromatic nitrogens is 1. The van der Waals surface area contributed by atoms with Crippen LogP contribution in [0.4, 0.5) is 0 Å². The lowest BCUT2D eigenvalue weighted by Gasteiger charge is -2.04. The van der Waals surface area contributed by atoms with Crippen molar-refractivity contribution in [3.8, 4) is 0 Å². The number of rotatable bonds is 3. The molecule has 20 heavy (non-hydrogen) atoms. The van der Waals surface area contributed by atoms with Gasteiger partial charge >= 0.3 is 7.12 Å². The molecule has 0 saturated carbocycles. The summed E-state index contributed by atoms with van der Waals surface area (Å²) in [4.78, 5) is 0.659. The van der Waals surface area contributed by atoms with Crippen LogP contribution in [0.5, 0.6) is 0 Å². The first-order valence-corrected chi connectivity index (χ1v) is 7.22. The number of hydrogen-bond acceptors (Lipinski definition) is 3. The summed E-state index contributed by atoms with van der Waals surface area (Å²) in [5.41, 5.74) is 1.06. The Bertz CT molecular complexity index is 770. The van der Waals surface area contributed by atoms with Crippen molar-refractivity contribution in [3.05, 3.63) is 60.8 Å². The Kier molecular flexibility index (Phi) is 3.44. The first-order valence-electron chi connectivity index (χ1n) is 6.12. The lowest BCUT2D eigenvalue weighted by Crippen LogP contribution is -2.29. The summed E-state index contributed by atoms with van der Waals surface area (Å²) in [6.07, 6.45) is 1.53. The van der Waals surface area contributed by atoms with Crippen molar-refractivity contribution in [2.24, 2.45) is 0 Å². The fourth-order valence-corrected chi connectivity index (χ4v) is 3.33. The molecule has 1 aromatic heterocycles. The van der Waals surface area contributed by atoms with Crippen molar-refractivity contribution in [2.45, 2.75) is 4.90 Å². The minimum atomic E-state index is -1.59. The Morgan fingerprint density at radius 3 is 2.30 bits per heavy atom. The van der Waals surface area contributed by atoms with Crippen LogP contribution in [0.15, 0.2) is 65.7 Å². The van der Waals surface area contributed by atoms with Crippen molar-refractivity contribution in [1.29, 1.82) is 0 Å². The van der Waals surface area contributed by atoms with Gasteiger partial charge in [0.1, 0.15) is 0 Å². The minimum absolute atomic E-state index is 0.352. The summed E-state index contributed by atoms with van der Waals surface area (Å²) in [6.45, 7) is 0. The molecule has 3 rings (SSSR count). The molecule has 0 saturated heterocycles. The highest BCUT2D eigenvalue weighted by Crippen LogP contribution is 2.18. The number of hydrogen-bond donors (Lipinski definition) is 2. The highest BCUT2D eigenvalue weighted by molar-refractivity contribution is 7.83. The van der Waals surface area contributed by atoms with E-state index in [1.807, 2.05) is 36.4 Å². The van der Waals surface area contributed by atoms with Gasteiger partial charge in [0.2, 0.25) is 0 Å². The molecule has 3 aromatic rings. The fourth-order valence-electron chi connectivity index (χ4n) is 2.17. The molecule has 0 amide bonds. The molecule has 2 N–H and O–H groups in total. The van der Waals surface area contributed by atoms with Gasteiger partial charge in [0.15, 0.2) is 11.0 Å². The molecule has 1 unspecified atom stereocenters. The van der Waals surface area contributed by atoms with E-state index in [9.17, 15) is 14.3 Å². The van der Waals surface area contributed by atoms with Gasteiger partial charge in [-0.15, -0.1) is 0 Å². The van der Waals surface area contributed by atoms with E-state index in [1.54, 1.807) is 22.2 Å². The highest BCUT2D eigenvalue weighted by atomic mass is 32.2. The molecule has 1 atom stereocenters. The molecule has 0 fully saturated rings. The Balaban J connectivity index is 2.20. The molecule has 0 spiro atoms. The largest absolute Gasteiger partial charge is 0.490 e. The monoisotopic (exact) mass is 285 g/mol.